The van der Waals surface area contributed by atoms with E-state index in [0.29, 0.717) is 11.7 Å². The van der Waals surface area contributed by atoms with Crippen LogP contribution in [0.1, 0.15) is 18.1 Å². The van der Waals surface area contributed by atoms with Gasteiger partial charge < -0.3 is 4.79 Å². The minimum atomic E-state index is 0.566. The molecule has 0 amide bonds. The van der Waals surface area contributed by atoms with Crippen LogP contribution in [0, 0.1) is 0 Å². The third kappa shape index (κ3) is 1.63. The van der Waals surface area contributed by atoms with E-state index in [2.05, 4.69) is 19.1 Å². The number of fused-ring (bicyclic) bond motifs is 1. The van der Waals surface area contributed by atoms with Crippen molar-refractivity contribution in [2.75, 3.05) is 0 Å². The summed E-state index contributed by atoms with van der Waals surface area (Å²) in [6, 6.07) is 6.26. The first-order valence-corrected chi connectivity index (χ1v) is 5.40. The summed E-state index contributed by atoms with van der Waals surface area (Å²) < 4.78 is 0. The molecule has 1 nitrogen and oxygen atoms in total. The monoisotopic (exact) mass is 192 g/mol. The third-order valence-corrected chi connectivity index (χ3v) is 3.56. The van der Waals surface area contributed by atoms with Crippen LogP contribution in [0.4, 0.5) is 0 Å². The Kier molecular flexibility index (Phi) is 2.40. The van der Waals surface area contributed by atoms with Gasteiger partial charge in [-0.25, -0.2) is 0 Å². The number of hydrogen-bond donors (Lipinski definition) is 0. The van der Waals surface area contributed by atoms with Gasteiger partial charge in [0, 0.05) is 16.6 Å². The van der Waals surface area contributed by atoms with E-state index < -0.39 is 0 Å². The molecule has 2 rings (SSSR count). The van der Waals surface area contributed by atoms with Crippen molar-refractivity contribution in [1.82, 2.24) is 0 Å². The quantitative estimate of drug-likeness (QED) is 0.670. The van der Waals surface area contributed by atoms with Crippen molar-refractivity contribution in [3.05, 3.63) is 29.3 Å². The summed E-state index contributed by atoms with van der Waals surface area (Å²) in [6.45, 7) is 2.23. The van der Waals surface area contributed by atoms with Gasteiger partial charge >= 0.3 is 0 Å². The van der Waals surface area contributed by atoms with Gasteiger partial charge in [0.15, 0.2) is 0 Å². The average molecular weight is 192 g/mol. The Labute approximate surface area is 82.5 Å². The van der Waals surface area contributed by atoms with Gasteiger partial charge in [-0.05, 0) is 23.6 Å². The Morgan fingerprint density at radius 2 is 2.46 bits per heavy atom. The van der Waals surface area contributed by atoms with Crippen LogP contribution in [0.15, 0.2) is 23.1 Å². The van der Waals surface area contributed by atoms with Crippen LogP contribution in [0.2, 0.25) is 0 Å². The van der Waals surface area contributed by atoms with E-state index >= 15 is 0 Å². The van der Waals surface area contributed by atoms with Gasteiger partial charge in [-0.2, -0.15) is 0 Å². The zero-order chi connectivity index (χ0) is 9.26. The predicted octanol–water partition coefficient (Wildman–Crippen LogP) is 2.46. The molecular weight excluding hydrogens is 180 g/mol. The predicted molar refractivity (Wildman–Crippen MR) is 55.2 cm³/mol. The summed E-state index contributed by atoms with van der Waals surface area (Å²) in [6.07, 6.45) is 2.67. The zero-order valence-corrected chi connectivity index (χ0v) is 8.43. The lowest BCUT2D eigenvalue weighted by Crippen LogP contribution is -1.97. The number of rotatable bonds is 2. The maximum Gasteiger partial charge on any atom is 0.124 e. The molecule has 0 bridgehead atoms. The fourth-order valence-corrected chi connectivity index (χ4v) is 2.98. The summed E-state index contributed by atoms with van der Waals surface area (Å²) in [5.41, 5.74) is 2.61. The van der Waals surface area contributed by atoms with Gasteiger partial charge in [-0.1, -0.05) is 19.1 Å². The third-order valence-electron chi connectivity index (χ3n) is 2.35. The van der Waals surface area contributed by atoms with Crippen LogP contribution < -0.4 is 0 Å². The Hall–Kier alpha value is -0.760. The first-order chi connectivity index (χ1) is 6.31. The van der Waals surface area contributed by atoms with E-state index in [-0.39, 0.29) is 0 Å². The molecule has 0 saturated heterocycles. The number of aldehydes is 1. The van der Waals surface area contributed by atoms with E-state index in [1.54, 1.807) is 0 Å². The fourth-order valence-electron chi connectivity index (χ4n) is 1.78. The molecule has 0 saturated carbocycles. The Bertz CT molecular complexity index is 333. The second-order valence-corrected chi connectivity index (χ2v) is 4.88. The first kappa shape index (κ1) is 8.82. The molecule has 13 heavy (non-hydrogen) atoms. The number of benzene rings is 1. The van der Waals surface area contributed by atoms with Crippen LogP contribution in [0.5, 0.6) is 0 Å². The van der Waals surface area contributed by atoms with E-state index in [9.17, 15) is 4.79 Å². The van der Waals surface area contributed by atoms with Gasteiger partial charge in [0.2, 0.25) is 0 Å². The summed E-state index contributed by atoms with van der Waals surface area (Å²) in [7, 11) is 0. The van der Waals surface area contributed by atoms with Gasteiger partial charge in [-0.3, -0.25) is 0 Å². The van der Waals surface area contributed by atoms with Crippen LogP contribution in [0.3, 0.4) is 0 Å². The van der Waals surface area contributed by atoms with Crippen molar-refractivity contribution in [2.24, 2.45) is 0 Å². The minimum absolute atomic E-state index is 0.566. The maximum atomic E-state index is 10.4. The average Bonchev–Trinajstić information content (AvgIpc) is 2.47. The minimum Gasteiger partial charge on any atom is -0.303 e. The Balaban J connectivity index is 2.39. The molecule has 1 aliphatic heterocycles. The van der Waals surface area contributed by atoms with Gasteiger partial charge in [0.25, 0.3) is 0 Å². The Morgan fingerprint density at radius 1 is 1.62 bits per heavy atom. The lowest BCUT2D eigenvalue weighted by atomic mass is 10.0. The summed E-state index contributed by atoms with van der Waals surface area (Å²) >= 11 is 1.92. The molecule has 0 spiro atoms. The van der Waals surface area contributed by atoms with Gasteiger partial charge in [0.05, 0.1) is 0 Å². The lowest BCUT2D eigenvalue weighted by molar-refractivity contribution is -0.107. The normalized spacial score (nSPS) is 19.9. The Morgan fingerprint density at radius 3 is 3.23 bits per heavy atom. The molecule has 0 N–H and O–H groups in total. The molecule has 1 unspecified atom stereocenters. The van der Waals surface area contributed by atoms with Crippen LogP contribution in [-0.4, -0.2) is 11.5 Å². The highest BCUT2D eigenvalue weighted by atomic mass is 32.2. The molecule has 0 aliphatic carbocycles. The second-order valence-electron chi connectivity index (χ2n) is 3.40. The van der Waals surface area contributed by atoms with Crippen LogP contribution in [0.25, 0.3) is 0 Å². The molecule has 1 atom stereocenters. The molecule has 0 aromatic heterocycles. The van der Waals surface area contributed by atoms with E-state index in [1.165, 1.54) is 16.0 Å². The van der Waals surface area contributed by atoms with Gasteiger partial charge in [-0.15, -0.1) is 11.8 Å². The van der Waals surface area contributed by atoms with Gasteiger partial charge in [0.1, 0.15) is 6.29 Å². The SMILES string of the molecule is CC1Cc2c(CC=O)cccc2S1. The molecule has 2 heteroatoms. The summed E-state index contributed by atoms with van der Waals surface area (Å²) in [5.74, 6) is 0. The highest BCUT2D eigenvalue weighted by Gasteiger charge is 2.20. The topological polar surface area (TPSA) is 17.1 Å². The molecule has 1 aromatic rings. The molecule has 0 radical (unpaired) electrons. The standard InChI is InChI=1S/C11H12OS/c1-8-7-10-9(5-6-12)3-2-4-11(10)13-8/h2-4,6,8H,5,7H2,1H3. The van der Waals surface area contributed by atoms with E-state index in [0.717, 1.165) is 12.7 Å². The van der Waals surface area contributed by atoms with Crippen molar-refractivity contribution in [1.29, 1.82) is 0 Å². The summed E-state index contributed by atoms with van der Waals surface area (Å²) in [4.78, 5) is 11.8. The molecule has 68 valence electrons. The molecule has 0 fully saturated rings. The maximum absolute atomic E-state index is 10.4. The molecule has 1 aromatic carbocycles. The smallest absolute Gasteiger partial charge is 0.124 e. The van der Waals surface area contributed by atoms with E-state index in [1.807, 2.05) is 17.8 Å². The molecular formula is C11H12OS. The van der Waals surface area contributed by atoms with Crippen molar-refractivity contribution >= 4 is 18.0 Å². The van der Waals surface area contributed by atoms with Crippen molar-refractivity contribution < 1.29 is 4.79 Å². The number of carbonyl (C=O) groups excluding carboxylic acids is 1. The second kappa shape index (κ2) is 3.54. The number of hydrogen-bond acceptors (Lipinski definition) is 2. The first-order valence-electron chi connectivity index (χ1n) is 4.52. The lowest BCUT2D eigenvalue weighted by Gasteiger charge is -2.02. The fraction of sp³-hybridized carbons (Fsp3) is 0.364. The van der Waals surface area contributed by atoms with Crippen molar-refractivity contribution in [3.8, 4) is 0 Å². The summed E-state index contributed by atoms with van der Waals surface area (Å²) in [5, 5.41) is 0.669. The highest BCUT2D eigenvalue weighted by Crippen LogP contribution is 2.38. The van der Waals surface area contributed by atoms with Crippen molar-refractivity contribution in [2.45, 2.75) is 29.9 Å². The van der Waals surface area contributed by atoms with Crippen molar-refractivity contribution in [3.63, 3.8) is 0 Å². The van der Waals surface area contributed by atoms with E-state index in [4.69, 9.17) is 0 Å². The van der Waals surface area contributed by atoms with Crippen LogP contribution >= 0.6 is 11.8 Å². The zero-order valence-electron chi connectivity index (χ0n) is 7.62. The van der Waals surface area contributed by atoms with Crippen LogP contribution in [-0.2, 0) is 17.6 Å². The largest absolute Gasteiger partial charge is 0.303 e. The number of carbonyl (C=O) groups is 1. The number of thioether (sulfide) groups is 1. The molecule has 1 aliphatic rings. The highest BCUT2D eigenvalue weighted by molar-refractivity contribution is 8.00. The molecule has 1 heterocycles.